The maximum absolute atomic E-state index is 12.7. The zero-order valence-corrected chi connectivity index (χ0v) is 72.9. The summed E-state index contributed by atoms with van der Waals surface area (Å²) >= 11 is 0. The molecule has 0 radical (unpaired) electrons. The standard InChI is InChI=1S/2C29H14O9.2C25H12O9/c30-24-13-25(31)22-11-16(3-7-20(22)24)26(32)36-18-5-1-15-10-19(6-2-14(15)9-18)37-27(33)17-4-8-21-23(12-17)29(35)38-28(21)34;30-24-13-25(31)22-11-15(3-7-20(22)24)26(32)36-18-5-1-14-2-6-19(10-17(14)9-18)37-27(33)16-4-8-21-23(12-16)29(35)38-28(21)34;26-20-11-21(27)18-9-12(1-7-16(18)20)22(28)32-14-3-5-15(6-4-14)33-23(29)13-2-8-17-19(10-13)25(31)34-24(17)30;26-20-11-21(27)18-8-12(4-6-16(18)20)22(28)32-14-2-1-3-15(10-14)33-23(29)13-5-7-17-19(9-13)25(31)34-24(17)30/h2*1-12H,13H2;2*1-10H,11H2. The Morgan fingerprint density at radius 3 is 0.562 bits per heavy atom. The van der Waals surface area contributed by atoms with E-state index < -0.39 is 95.5 Å². The average Bonchev–Trinajstić information content (AvgIpc) is 1.33. The average molecular weight is 1930 g/mol. The molecule has 0 aromatic heterocycles. The highest BCUT2D eigenvalue weighted by Crippen LogP contribution is 2.36. The van der Waals surface area contributed by atoms with Crippen LogP contribution in [0.15, 0.2) is 267 Å². The second kappa shape index (κ2) is 37.4. The number of hydrogen-bond acceptors (Lipinski definition) is 36. The van der Waals surface area contributed by atoms with Gasteiger partial charge in [0.2, 0.25) is 0 Å². The highest BCUT2D eigenvalue weighted by molar-refractivity contribution is 6.28. The van der Waals surface area contributed by atoms with E-state index in [0.29, 0.717) is 32.8 Å². The van der Waals surface area contributed by atoms with E-state index in [-0.39, 0.29) is 235 Å². The van der Waals surface area contributed by atoms with Gasteiger partial charge in [0.1, 0.15) is 46.0 Å². The van der Waals surface area contributed by atoms with Gasteiger partial charge in [0.15, 0.2) is 46.3 Å². The van der Waals surface area contributed by atoms with Crippen molar-refractivity contribution in [2.75, 3.05) is 0 Å². The van der Waals surface area contributed by atoms with Crippen molar-refractivity contribution < 1.29 is 172 Å². The molecule has 4 aliphatic heterocycles. The predicted molar refractivity (Wildman–Crippen MR) is 484 cm³/mol. The molecule has 4 heterocycles. The van der Waals surface area contributed by atoms with Crippen LogP contribution in [0, 0.1) is 0 Å². The zero-order chi connectivity index (χ0) is 101. The molecule has 0 fully saturated rings. The van der Waals surface area contributed by atoms with Crippen molar-refractivity contribution in [3.63, 3.8) is 0 Å². The van der Waals surface area contributed by atoms with Crippen LogP contribution < -0.4 is 37.9 Å². The van der Waals surface area contributed by atoms with Gasteiger partial charge in [-0.3, -0.25) is 38.4 Å². The van der Waals surface area contributed by atoms with E-state index in [9.17, 15) is 115 Å². The summed E-state index contributed by atoms with van der Waals surface area (Å²) in [7, 11) is 0. The zero-order valence-electron chi connectivity index (χ0n) is 72.9. The van der Waals surface area contributed by atoms with Gasteiger partial charge in [0.25, 0.3) is 0 Å². The summed E-state index contributed by atoms with van der Waals surface area (Å²) in [5, 5.41) is 2.78. The largest absolute Gasteiger partial charge is 0.423 e. The van der Waals surface area contributed by atoms with Crippen LogP contribution >= 0.6 is 0 Å². The Morgan fingerprint density at radius 1 is 0.153 bits per heavy atom. The fourth-order valence-electron chi connectivity index (χ4n) is 15.9. The molecule has 22 rings (SSSR count). The number of carbonyl (C=O) groups is 24. The number of ether oxygens (including phenoxy) is 12. The molecule has 0 unspecified atom stereocenters. The van der Waals surface area contributed by atoms with Gasteiger partial charge in [0, 0.05) is 50.6 Å². The molecule has 36 heteroatoms. The molecule has 14 aromatic carbocycles. The van der Waals surface area contributed by atoms with Crippen LogP contribution in [-0.4, -0.2) is 142 Å². The van der Waals surface area contributed by atoms with Crippen LogP contribution in [0.2, 0.25) is 0 Å². The molecule has 0 saturated carbocycles. The Labute approximate surface area is 803 Å². The number of cyclic esters (lactones) is 8. The second-order valence-electron chi connectivity index (χ2n) is 32.3. The van der Waals surface area contributed by atoms with E-state index in [2.05, 4.69) is 18.9 Å². The van der Waals surface area contributed by atoms with E-state index in [1.54, 1.807) is 72.8 Å². The first kappa shape index (κ1) is 92.4. The third-order valence-electron chi connectivity index (χ3n) is 23.1. The highest BCUT2D eigenvalue weighted by atomic mass is 16.6. The van der Waals surface area contributed by atoms with Crippen LogP contribution in [0.5, 0.6) is 46.0 Å². The van der Waals surface area contributed by atoms with E-state index >= 15 is 0 Å². The van der Waals surface area contributed by atoms with Crippen molar-refractivity contribution in [3.05, 3.63) is 400 Å². The molecule has 0 saturated heterocycles. The summed E-state index contributed by atoms with van der Waals surface area (Å²) in [6.45, 7) is 0. The third-order valence-corrected chi connectivity index (χ3v) is 23.1. The van der Waals surface area contributed by atoms with Gasteiger partial charge in [-0.1, -0.05) is 30.3 Å². The van der Waals surface area contributed by atoms with E-state index in [0.717, 1.165) is 5.39 Å². The molecular formula is C108H52O36. The first-order valence-electron chi connectivity index (χ1n) is 42.6. The third kappa shape index (κ3) is 18.6. The molecule has 36 nitrogen and oxygen atoms in total. The smallest absolute Gasteiger partial charge is 0.346 e. The minimum atomic E-state index is -0.846. The number of Topliss-reactive ketones (excluding diaryl/α,β-unsaturated/α-hetero) is 8. The Morgan fingerprint density at radius 2 is 0.326 bits per heavy atom. The van der Waals surface area contributed by atoms with Crippen molar-refractivity contribution >= 4 is 163 Å². The molecule has 0 bridgehead atoms. The van der Waals surface area contributed by atoms with Crippen molar-refractivity contribution in [1.29, 1.82) is 0 Å². The Kier molecular flexibility index (Phi) is 24.0. The number of benzene rings is 14. The van der Waals surface area contributed by atoms with Crippen LogP contribution in [0.1, 0.15) is 274 Å². The summed E-state index contributed by atoms with van der Waals surface area (Å²) in [5.41, 5.74) is 2.95. The van der Waals surface area contributed by atoms with E-state index in [1.807, 2.05) is 0 Å². The molecule has 0 amide bonds. The fourth-order valence-corrected chi connectivity index (χ4v) is 15.9. The SMILES string of the molecule is O=C(Oc1ccc(OC(=O)c2ccc3c(c2)C(=O)OC3=O)cc1)c1ccc2c(c1)C(=O)CC2=O.O=C(Oc1ccc2cc(OC(=O)c3ccc4c(c3)C(=O)OC4=O)ccc2c1)c1ccc2c(c1)C(=O)CC2=O.O=C(Oc1ccc2ccc(OC(=O)c3ccc4c(c3)C(=O)OC4=O)cc2c1)c1ccc2c(c1)C(=O)CC2=O.O=C(Oc1cccc(OC(=O)c2ccc3c(c2)C(=O)OC3=O)c1)c1ccc2c(c1)C(=O)CC2=O. The lowest BCUT2D eigenvalue weighted by molar-refractivity contribution is 0.0425. The molecule has 0 N–H and O–H groups in total. The lowest BCUT2D eigenvalue weighted by Crippen LogP contribution is -2.11. The van der Waals surface area contributed by atoms with Crippen LogP contribution in [0.25, 0.3) is 21.5 Å². The molecule has 14 aromatic rings. The first-order chi connectivity index (χ1) is 69.1. The highest BCUT2D eigenvalue weighted by Gasteiger charge is 2.38. The maximum atomic E-state index is 12.7. The topological polar surface area (TPSA) is 520 Å². The van der Waals surface area contributed by atoms with Crippen molar-refractivity contribution in [3.8, 4) is 46.0 Å². The summed E-state index contributed by atoms with van der Waals surface area (Å²) < 4.78 is 61.0. The Balaban J connectivity index is 0.000000122. The molecule has 0 spiro atoms. The van der Waals surface area contributed by atoms with Gasteiger partial charge in [0.05, 0.1) is 115 Å². The summed E-state index contributed by atoms with van der Waals surface area (Å²) in [6, 6.07) is 63.2. The van der Waals surface area contributed by atoms with Gasteiger partial charge in [-0.15, -0.1) is 0 Å². The van der Waals surface area contributed by atoms with Gasteiger partial charge >= 0.3 is 95.5 Å². The quantitative estimate of drug-likeness (QED) is 0.0375. The normalized spacial score (nSPS) is 13.8. The number of rotatable bonds is 16. The fraction of sp³-hybridized carbons (Fsp3) is 0.0370. The lowest BCUT2D eigenvalue weighted by Gasteiger charge is -2.09. The number of hydrogen-bond donors (Lipinski definition) is 0. The molecule has 700 valence electrons. The minimum Gasteiger partial charge on any atom is -0.423 e. The molecule has 4 aliphatic carbocycles. The number of ketones is 8. The van der Waals surface area contributed by atoms with Crippen LogP contribution in [0.3, 0.4) is 0 Å². The van der Waals surface area contributed by atoms with Crippen molar-refractivity contribution in [2.24, 2.45) is 0 Å². The first-order valence-corrected chi connectivity index (χ1v) is 42.6. The minimum absolute atomic E-state index is 0.00464. The Bertz CT molecular complexity index is 7930. The summed E-state index contributed by atoms with van der Waals surface area (Å²) in [5.74, 6) is -13.4. The van der Waals surface area contributed by atoms with E-state index in [1.165, 1.54) is 194 Å². The van der Waals surface area contributed by atoms with Crippen molar-refractivity contribution in [2.45, 2.75) is 25.7 Å². The monoisotopic (exact) mass is 1920 g/mol. The molecule has 8 aliphatic rings. The molecular weight excluding hydrogens is 1870 g/mol. The van der Waals surface area contributed by atoms with Gasteiger partial charge in [-0.05, 0) is 252 Å². The second-order valence-corrected chi connectivity index (χ2v) is 32.3. The lowest BCUT2D eigenvalue weighted by atomic mass is 10.1. The number of carbonyl (C=O) groups excluding carboxylic acids is 24. The summed E-state index contributed by atoms with van der Waals surface area (Å²) in [4.78, 5) is 288. The molecule has 144 heavy (non-hydrogen) atoms. The molecule has 0 atom stereocenters. The Hall–Kier alpha value is -20.7. The number of fused-ring (bicyclic) bond motifs is 10. The van der Waals surface area contributed by atoms with Gasteiger partial charge < -0.3 is 56.8 Å². The van der Waals surface area contributed by atoms with Crippen LogP contribution in [0.4, 0.5) is 0 Å². The predicted octanol–water partition coefficient (Wildman–Crippen LogP) is 15.1. The summed E-state index contributed by atoms with van der Waals surface area (Å²) in [6.07, 6.45) is -0.826. The maximum Gasteiger partial charge on any atom is 0.346 e. The van der Waals surface area contributed by atoms with Gasteiger partial charge in [-0.25, -0.2) is 76.7 Å². The number of esters is 16. The van der Waals surface area contributed by atoms with Crippen molar-refractivity contribution in [1.82, 2.24) is 0 Å². The van der Waals surface area contributed by atoms with Gasteiger partial charge in [-0.2, -0.15) is 0 Å². The van der Waals surface area contributed by atoms with E-state index in [4.69, 9.17) is 37.9 Å². The van der Waals surface area contributed by atoms with Crippen LogP contribution in [-0.2, 0) is 18.9 Å².